The minimum atomic E-state index is -4.33. The van der Waals surface area contributed by atoms with E-state index in [1.54, 1.807) is 0 Å². The minimum absolute atomic E-state index is 0.0534. The minimum Gasteiger partial charge on any atom is -0.372 e. The van der Waals surface area contributed by atoms with E-state index < -0.39 is 11.7 Å². The highest BCUT2D eigenvalue weighted by Gasteiger charge is 2.36. The number of hydrogen-bond acceptors (Lipinski definition) is 6. The van der Waals surface area contributed by atoms with Crippen LogP contribution in [-0.2, 0) is 11.0 Å². The molecule has 1 saturated carbocycles. The summed E-state index contributed by atoms with van der Waals surface area (Å²) in [6, 6.07) is 5.33. The van der Waals surface area contributed by atoms with Crippen LogP contribution >= 0.6 is 0 Å². The Balaban J connectivity index is 1.45. The van der Waals surface area contributed by atoms with Gasteiger partial charge in [0.2, 0.25) is 11.9 Å². The van der Waals surface area contributed by atoms with Gasteiger partial charge in [-0.3, -0.25) is 4.79 Å². The molecule has 1 fully saturated rings. The Hall–Kier alpha value is -3.04. The van der Waals surface area contributed by atoms with Gasteiger partial charge in [0.1, 0.15) is 11.7 Å². The van der Waals surface area contributed by atoms with E-state index in [0.717, 1.165) is 37.1 Å². The van der Waals surface area contributed by atoms with Crippen molar-refractivity contribution in [3.8, 4) is 0 Å². The second-order valence-corrected chi connectivity index (χ2v) is 9.58. The highest BCUT2D eigenvalue weighted by molar-refractivity contribution is 6.03. The molecule has 1 unspecified atom stereocenters. The Morgan fingerprint density at radius 3 is 2.47 bits per heavy atom. The van der Waals surface area contributed by atoms with Crippen molar-refractivity contribution in [1.29, 1.82) is 0 Å². The molecule has 34 heavy (non-hydrogen) atoms. The molecule has 2 heterocycles. The molecule has 2 N–H and O–H groups in total. The van der Waals surface area contributed by atoms with Crippen LogP contribution in [-0.4, -0.2) is 48.1 Å². The molecule has 4 rings (SSSR count). The smallest absolute Gasteiger partial charge is 0.372 e. The van der Waals surface area contributed by atoms with Crippen LogP contribution in [0.4, 0.5) is 36.3 Å². The summed E-state index contributed by atoms with van der Waals surface area (Å²) in [6.45, 7) is 5.86. The molecule has 1 aromatic heterocycles. The topological polar surface area (TPSA) is 73.4 Å². The molecule has 2 aromatic rings. The molecule has 1 aliphatic heterocycles. The molecule has 1 aliphatic carbocycles. The van der Waals surface area contributed by atoms with Crippen molar-refractivity contribution in [3.63, 3.8) is 0 Å². The number of benzene rings is 1. The number of anilines is 4. The molecule has 2 aliphatic rings. The third-order valence-corrected chi connectivity index (χ3v) is 6.86. The molecule has 1 amide bonds. The molecule has 0 radical (unpaired) electrons. The first kappa shape index (κ1) is 24.1. The van der Waals surface area contributed by atoms with Gasteiger partial charge >= 0.3 is 6.18 Å². The summed E-state index contributed by atoms with van der Waals surface area (Å²) in [4.78, 5) is 25.8. The normalized spacial score (nSPS) is 22.6. The number of rotatable bonds is 5. The first-order chi connectivity index (χ1) is 16.0. The van der Waals surface area contributed by atoms with Gasteiger partial charge < -0.3 is 20.4 Å². The zero-order chi connectivity index (χ0) is 24.8. The number of amides is 1. The first-order valence-electron chi connectivity index (χ1n) is 11.5. The lowest BCUT2D eigenvalue weighted by atomic mass is 9.99. The van der Waals surface area contributed by atoms with Crippen molar-refractivity contribution >= 4 is 29.0 Å². The number of nitrogens with one attached hydrogen (secondary N) is 2. The van der Waals surface area contributed by atoms with Crippen LogP contribution in [0, 0.1) is 12.8 Å². The average Bonchev–Trinajstić information content (AvgIpc) is 3.22. The number of nitrogens with zero attached hydrogens (tertiary/aromatic N) is 4. The summed E-state index contributed by atoms with van der Waals surface area (Å²) in [5, 5.41) is 6.39. The van der Waals surface area contributed by atoms with Crippen LogP contribution in [0.1, 0.15) is 44.4 Å². The third-order valence-electron chi connectivity index (χ3n) is 6.86. The molecule has 0 saturated heterocycles. The number of aromatic nitrogens is 2. The van der Waals surface area contributed by atoms with Crippen molar-refractivity contribution in [1.82, 2.24) is 9.97 Å². The van der Waals surface area contributed by atoms with Crippen LogP contribution in [0.2, 0.25) is 0 Å². The molecular weight excluding hydrogens is 445 g/mol. The number of alkyl halides is 3. The van der Waals surface area contributed by atoms with Gasteiger partial charge in [-0.05, 0) is 56.4 Å². The van der Waals surface area contributed by atoms with Gasteiger partial charge in [-0.1, -0.05) is 13.8 Å². The Morgan fingerprint density at radius 1 is 1.18 bits per heavy atom. The van der Waals surface area contributed by atoms with E-state index in [1.165, 1.54) is 12.1 Å². The predicted molar refractivity (Wildman–Crippen MR) is 127 cm³/mol. The molecule has 3 atom stereocenters. The Morgan fingerprint density at radius 2 is 1.85 bits per heavy atom. The lowest BCUT2D eigenvalue weighted by Crippen LogP contribution is -2.49. The number of aryl methyl sites for hydroxylation is 1. The second-order valence-electron chi connectivity index (χ2n) is 9.58. The van der Waals surface area contributed by atoms with Crippen LogP contribution in [0.3, 0.4) is 0 Å². The number of carbonyl (C=O) groups excluding carboxylic acids is 1. The SMILES string of the molecule is Cc1nc(N[C@H]2CC[C@H](N(C)c3ccc(C(F)(F)F)cc3)C2)nc2c1NC(=O)C(C(C)C)N2C. The quantitative estimate of drug-likeness (QED) is 0.653. The fourth-order valence-electron chi connectivity index (χ4n) is 5.00. The van der Waals surface area contributed by atoms with Crippen LogP contribution in [0.25, 0.3) is 0 Å². The number of carbonyl (C=O) groups is 1. The summed E-state index contributed by atoms with van der Waals surface area (Å²) in [5.74, 6) is 1.29. The standard InChI is InChI=1S/C24H31F3N6O/c1-13(2)20-22(34)30-19-14(3)28-23(31-21(19)33(20)5)29-16-8-11-18(12-16)32(4)17-9-6-15(7-10-17)24(25,26)27/h6-7,9-10,13,16,18,20H,8,11-12H2,1-5H3,(H,30,34)(H,28,29,31)/t16-,18-,20?/m0/s1. The van der Waals surface area contributed by atoms with E-state index in [9.17, 15) is 18.0 Å². The number of likely N-dealkylation sites (N-methyl/N-ethyl adjacent to an activating group) is 1. The highest BCUT2D eigenvalue weighted by atomic mass is 19.4. The van der Waals surface area contributed by atoms with Gasteiger partial charge in [0, 0.05) is 31.9 Å². The largest absolute Gasteiger partial charge is 0.416 e. The number of fused-ring (bicyclic) bond motifs is 1. The maximum atomic E-state index is 12.9. The first-order valence-corrected chi connectivity index (χ1v) is 11.5. The molecule has 10 heteroatoms. The maximum absolute atomic E-state index is 12.9. The Labute approximate surface area is 197 Å². The molecule has 0 spiro atoms. The summed E-state index contributed by atoms with van der Waals surface area (Å²) < 4.78 is 38.6. The predicted octanol–water partition coefficient (Wildman–Crippen LogP) is 4.69. The summed E-state index contributed by atoms with van der Waals surface area (Å²) in [5.41, 5.74) is 1.46. The zero-order valence-corrected chi connectivity index (χ0v) is 20.1. The fourth-order valence-corrected chi connectivity index (χ4v) is 5.00. The Kier molecular flexibility index (Phi) is 6.35. The van der Waals surface area contributed by atoms with Gasteiger partial charge in [-0.15, -0.1) is 0 Å². The summed E-state index contributed by atoms with van der Waals surface area (Å²) >= 11 is 0. The van der Waals surface area contributed by atoms with Gasteiger partial charge in [0.15, 0.2) is 5.82 Å². The average molecular weight is 477 g/mol. The van der Waals surface area contributed by atoms with E-state index in [2.05, 4.69) is 15.6 Å². The van der Waals surface area contributed by atoms with Crippen molar-refractivity contribution in [3.05, 3.63) is 35.5 Å². The Bertz CT molecular complexity index is 1060. The van der Waals surface area contributed by atoms with Crippen LogP contribution < -0.4 is 20.4 Å². The molecule has 1 aromatic carbocycles. The van der Waals surface area contributed by atoms with Gasteiger partial charge in [-0.25, -0.2) is 4.98 Å². The fraction of sp³-hybridized carbons (Fsp3) is 0.542. The molecule has 0 bridgehead atoms. The number of hydrogen-bond donors (Lipinski definition) is 2. The van der Waals surface area contributed by atoms with Crippen molar-refractivity contribution in [2.24, 2.45) is 5.92 Å². The van der Waals surface area contributed by atoms with Gasteiger partial charge in [0.25, 0.3) is 0 Å². The van der Waals surface area contributed by atoms with E-state index >= 15 is 0 Å². The second kappa shape index (κ2) is 8.96. The summed E-state index contributed by atoms with van der Waals surface area (Å²) in [6.07, 6.45) is -1.71. The van der Waals surface area contributed by atoms with Crippen LogP contribution in [0.5, 0.6) is 0 Å². The zero-order valence-electron chi connectivity index (χ0n) is 20.1. The lowest BCUT2D eigenvalue weighted by Gasteiger charge is -2.37. The van der Waals surface area contributed by atoms with E-state index in [-0.39, 0.29) is 30.0 Å². The van der Waals surface area contributed by atoms with E-state index in [1.807, 2.05) is 44.7 Å². The third kappa shape index (κ3) is 4.63. The molecule has 7 nitrogen and oxygen atoms in total. The summed E-state index contributed by atoms with van der Waals surface area (Å²) in [7, 11) is 3.79. The van der Waals surface area contributed by atoms with Gasteiger partial charge in [-0.2, -0.15) is 18.2 Å². The van der Waals surface area contributed by atoms with Crippen molar-refractivity contribution in [2.75, 3.05) is 34.5 Å². The monoisotopic (exact) mass is 476 g/mol. The lowest BCUT2D eigenvalue weighted by molar-refractivity contribution is -0.137. The van der Waals surface area contributed by atoms with Crippen molar-refractivity contribution in [2.45, 2.75) is 64.3 Å². The highest BCUT2D eigenvalue weighted by Crippen LogP contribution is 2.36. The van der Waals surface area contributed by atoms with Gasteiger partial charge in [0.05, 0.1) is 11.3 Å². The van der Waals surface area contributed by atoms with E-state index in [4.69, 9.17) is 4.98 Å². The maximum Gasteiger partial charge on any atom is 0.416 e. The number of halogens is 3. The molecular formula is C24H31F3N6O. The van der Waals surface area contributed by atoms with Crippen LogP contribution in [0.15, 0.2) is 24.3 Å². The van der Waals surface area contributed by atoms with E-state index in [0.29, 0.717) is 23.1 Å². The molecule has 184 valence electrons. The van der Waals surface area contributed by atoms with Crippen molar-refractivity contribution < 1.29 is 18.0 Å².